The summed E-state index contributed by atoms with van der Waals surface area (Å²) < 4.78 is 0. The minimum Gasteiger partial charge on any atom is -0.357 e. The first-order valence-electron chi connectivity index (χ1n) is 28.4. The van der Waals surface area contributed by atoms with Gasteiger partial charge >= 0.3 is 0 Å². The first-order chi connectivity index (χ1) is 32.3. The molecule has 0 spiro atoms. The molecule has 0 saturated carbocycles. The number of carbonyl (C=O) groups is 5. The molecule has 0 heterocycles. The van der Waals surface area contributed by atoms with Crippen LogP contribution in [0.25, 0.3) is 0 Å². The van der Waals surface area contributed by atoms with Crippen LogP contribution in [0.4, 0.5) is 0 Å². The standard InChI is InChI=1S/C56H110N6O5/c1-9-11-13-15-17-19-21-23-25-27-29-31-33-35-39-48(40-36-34-32-30-28-26-24-22-20-18-16-14-12-10-2)53(64)60-49(41-37-38-42-57)55(66)62-51(44-46(5)6)56(67)59-47(7)52(63)61-50(43-45(3)4)54(65)58-8/h45-51H,9-44,57H2,1-8H3,(H,58,65)(H,59,67)(H,60,64)(H,61,63)(H,62,66)/t47-,49?,50-,51-/m0/s1. The highest BCUT2D eigenvalue weighted by Crippen LogP contribution is 2.22. The Bertz CT molecular complexity index is 1200. The van der Waals surface area contributed by atoms with E-state index in [-0.39, 0.29) is 29.6 Å². The van der Waals surface area contributed by atoms with Crippen LogP contribution in [0.5, 0.6) is 0 Å². The van der Waals surface area contributed by atoms with Crippen molar-refractivity contribution in [2.75, 3.05) is 13.6 Å². The van der Waals surface area contributed by atoms with Crippen LogP contribution < -0.4 is 32.3 Å². The Morgan fingerprint density at radius 1 is 0.358 bits per heavy atom. The number of carbonyl (C=O) groups excluding carboxylic acids is 5. The second kappa shape index (κ2) is 44.5. The lowest BCUT2D eigenvalue weighted by Crippen LogP contribution is -2.58. The first-order valence-corrected chi connectivity index (χ1v) is 28.4. The van der Waals surface area contributed by atoms with Crippen molar-refractivity contribution >= 4 is 29.5 Å². The number of hydrogen-bond acceptors (Lipinski definition) is 6. The number of nitrogens with one attached hydrogen (secondary N) is 5. The average Bonchev–Trinajstić information content (AvgIpc) is 3.29. The topological polar surface area (TPSA) is 172 Å². The first kappa shape index (κ1) is 64.3. The van der Waals surface area contributed by atoms with Crippen molar-refractivity contribution in [1.29, 1.82) is 0 Å². The highest BCUT2D eigenvalue weighted by atomic mass is 16.2. The molecular formula is C56H110N6O5. The molecule has 0 aliphatic carbocycles. The van der Waals surface area contributed by atoms with E-state index in [1.54, 1.807) is 6.92 Å². The molecule has 0 aromatic heterocycles. The molecule has 0 radical (unpaired) electrons. The van der Waals surface area contributed by atoms with Crippen molar-refractivity contribution in [1.82, 2.24) is 26.6 Å². The third-order valence-corrected chi connectivity index (χ3v) is 13.4. The van der Waals surface area contributed by atoms with Crippen LogP contribution in [0.3, 0.4) is 0 Å². The molecule has 394 valence electrons. The van der Waals surface area contributed by atoms with Crippen LogP contribution in [-0.4, -0.2) is 67.3 Å². The zero-order valence-corrected chi connectivity index (χ0v) is 45.1. The third-order valence-electron chi connectivity index (χ3n) is 13.4. The SMILES string of the molecule is CCCCCCCCCCCCCCCCC(CCCCCCCCCCCCCCCC)C(=O)NC(CCCCN)C(=O)N[C@@H](CC(C)C)C(=O)N[C@@H](C)C(=O)N[C@@H](CC(C)C)C(=O)NC. The van der Waals surface area contributed by atoms with E-state index in [4.69, 9.17) is 5.73 Å². The molecule has 0 aliphatic heterocycles. The second-order valence-electron chi connectivity index (χ2n) is 21.0. The maximum atomic E-state index is 14.2. The molecule has 5 amide bonds. The fourth-order valence-electron chi connectivity index (χ4n) is 9.16. The van der Waals surface area contributed by atoms with Gasteiger partial charge in [-0.1, -0.05) is 221 Å². The zero-order valence-electron chi connectivity index (χ0n) is 45.1. The van der Waals surface area contributed by atoms with Gasteiger partial charge < -0.3 is 32.3 Å². The summed E-state index contributed by atoms with van der Waals surface area (Å²) in [5.74, 6) is -1.66. The van der Waals surface area contributed by atoms with E-state index in [1.165, 1.54) is 161 Å². The Labute approximate surface area is 413 Å². The summed E-state index contributed by atoms with van der Waals surface area (Å²) in [5.41, 5.74) is 5.86. The predicted molar refractivity (Wildman–Crippen MR) is 283 cm³/mol. The van der Waals surface area contributed by atoms with Crippen LogP contribution in [0.15, 0.2) is 0 Å². The third kappa shape index (κ3) is 36.9. The van der Waals surface area contributed by atoms with Gasteiger partial charge in [-0.15, -0.1) is 0 Å². The Kier molecular flexibility index (Phi) is 42.7. The van der Waals surface area contributed by atoms with E-state index in [0.717, 1.165) is 44.9 Å². The number of rotatable bonds is 47. The predicted octanol–water partition coefficient (Wildman–Crippen LogP) is 12.3. The highest BCUT2D eigenvalue weighted by Gasteiger charge is 2.31. The Balaban J connectivity index is 5.55. The van der Waals surface area contributed by atoms with E-state index in [9.17, 15) is 24.0 Å². The fourth-order valence-corrected chi connectivity index (χ4v) is 9.16. The van der Waals surface area contributed by atoms with Crippen molar-refractivity contribution < 1.29 is 24.0 Å². The normalized spacial score (nSPS) is 13.4. The van der Waals surface area contributed by atoms with Gasteiger partial charge in [-0.25, -0.2) is 0 Å². The minimum absolute atomic E-state index is 0.0636. The van der Waals surface area contributed by atoms with Gasteiger partial charge in [0.15, 0.2) is 0 Å². The summed E-state index contributed by atoms with van der Waals surface area (Å²) in [6.45, 7) is 14.5. The van der Waals surface area contributed by atoms with Crippen molar-refractivity contribution in [3.63, 3.8) is 0 Å². The van der Waals surface area contributed by atoms with Crippen molar-refractivity contribution in [2.24, 2.45) is 23.5 Å². The van der Waals surface area contributed by atoms with Gasteiger partial charge in [-0.2, -0.15) is 0 Å². The van der Waals surface area contributed by atoms with Crippen LogP contribution in [0.1, 0.15) is 273 Å². The van der Waals surface area contributed by atoms with Crippen molar-refractivity contribution in [3.05, 3.63) is 0 Å². The summed E-state index contributed by atoms with van der Waals surface area (Å²) in [5, 5.41) is 14.3. The lowest BCUT2D eigenvalue weighted by Gasteiger charge is -2.27. The lowest BCUT2D eigenvalue weighted by atomic mass is 9.92. The fraction of sp³-hybridized carbons (Fsp3) is 0.911. The van der Waals surface area contributed by atoms with E-state index in [2.05, 4.69) is 40.4 Å². The Morgan fingerprint density at radius 2 is 0.672 bits per heavy atom. The minimum atomic E-state index is -0.941. The Morgan fingerprint density at radius 3 is 1.03 bits per heavy atom. The van der Waals surface area contributed by atoms with E-state index in [1.807, 2.05) is 27.7 Å². The van der Waals surface area contributed by atoms with Crippen molar-refractivity contribution in [3.8, 4) is 0 Å². The number of amides is 5. The molecule has 0 aromatic rings. The largest absolute Gasteiger partial charge is 0.357 e. The van der Waals surface area contributed by atoms with Gasteiger partial charge in [-0.3, -0.25) is 24.0 Å². The lowest BCUT2D eigenvalue weighted by molar-refractivity contribution is -0.135. The molecule has 1 unspecified atom stereocenters. The summed E-state index contributed by atoms with van der Waals surface area (Å²) in [6.07, 6.45) is 40.4. The molecule has 0 fully saturated rings. The highest BCUT2D eigenvalue weighted by molar-refractivity contribution is 5.95. The molecular weight excluding hydrogens is 837 g/mol. The molecule has 0 aromatic carbocycles. The summed E-state index contributed by atoms with van der Waals surface area (Å²) >= 11 is 0. The zero-order chi connectivity index (χ0) is 49.9. The summed E-state index contributed by atoms with van der Waals surface area (Å²) in [6, 6.07) is -3.39. The van der Waals surface area contributed by atoms with Crippen LogP contribution in [-0.2, 0) is 24.0 Å². The molecule has 0 saturated heterocycles. The molecule has 0 aliphatic rings. The van der Waals surface area contributed by atoms with Gasteiger partial charge in [0.1, 0.15) is 24.2 Å². The van der Waals surface area contributed by atoms with Gasteiger partial charge in [0.25, 0.3) is 0 Å². The van der Waals surface area contributed by atoms with Gasteiger partial charge in [0.05, 0.1) is 0 Å². The van der Waals surface area contributed by atoms with Crippen molar-refractivity contribution in [2.45, 2.75) is 297 Å². The summed E-state index contributed by atoms with van der Waals surface area (Å²) in [7, 11) is 1.53. The van der Waals surface area contributed by atoms with Crippen LogP contribution in [0, 0.1) is 17.8 Å². The molecule has 0 bridgehead atoms. The number of nitrogens with two attached hydrogens (primary N) is 1. The smallest absolute Gasteiger partial charge is 0.243 e. The molecule has 11 nitrogen and oxygen atoms in total. The van der Waals surface area contributed by atoms with Gasteiger partial charge in [-0.05, 0) is 70.3 Å². The molecule has 7 N–H and O–H groups in total. The average molecular weight is 948 g/mol. The quantitative estimate of drug-likeness (QED) is 0.0332. The monoisotopic (exact) mass is 947 g/mol. The molecule has 11 heteroatoms. The number of likely N-dealkylation sites (N-methyl/N-ethyl adjacent to an activating group) is 1. The number of hydrogen-bond donors (Lipinski definition) is 6. The van der Waals surface area contributed by atoms with Crippen LogP contribution >= 0.6 is 0 Å². The van der Waals surface area contributed by atoms with Gasteiger partial charge in [0.2, 0.25) is 29.5 Å². The van der Waals surface area contributed by atoms with Crippen LogP contribution in [0.2, 0.25) is 0 Å². The summed E-state index contributed by atoms with van der Waals surface area (Å²) in [4.78, 5) is 67.7. The van der Waals surface area contributed by atoms with E-state index >= 15 is 0 Å². The van der Waals surface area contributed by atoms with E-state index < -0.39 is 41.9 Å². The maximum Gasteiger partial charge on any atom is 0.243 e. The molecule has 67 heavy (non-hydrogen) atoms. The van der Waals surface area contributed by atoms with Gasteiger partial charge in [0, 0.05) is 13.0 Å². The molecule has 4 atom stereocenters. The maximum absolute atomic E-state index is 14.2. The van der Waals surface area contributed by atoms with E-state index in [0.29, 0.717) is 32.2 Å². The molecule has 0 rings (SSSR count). The second-order valence-corrected chi connectivity index (χ2v) is 21.0. The Hall–Kier alpha value is -2.69. The number of unbranched alkanes of at least 4 members (excludes halogenated alkanes) is 27.